The number of hydrazone groups is 1. The number of nitrogens with zero attached hydrogens (tertiary/aromatic N) is 2. The second-order valence-corrected chi connectivity index (χ2v) is 7.84. The molecule has 0 fully saturated rings. The van der Waals surface area contributed by atoms with Gasteiger partial charge >= 0.3 is 0 Å². The van der Waals surface area contributed by atoms with Crippen molar-refractivity contribution in [3.8, 4) is 0 Å². The second-order valence-electron chi connectivity index (χ2n) is 6.86. The van der Waals surface area contributed by atoms with Crippen molar-refractivity contribution in [3.63, 3.8) is 0 Å². The third kappa shape index (κ3) is 4.45. The Morgan fingerprint density at radius 2 is 1.93 bits per heavy atom. The van der Waals surface area contributed by atoms with Gasteiger partial charge in [0, 0.05) is 24.8 Å². The summed E-state index contributed by atoms with van der Waals surface area (Å²) in [7, 11) is 1.58. The zero-order valence-electron chi connectivity index (χ0n) is 15.9. The molecule has 27 heavy (non-hydrogen) atoms. The van der Waals surface area contributed by atoms with Crippen molar-refractivity contribution in [2.45, 2.75) is 45.1 Å². The summed E-state index contributed by atoms with van der Waals surface area (Å²) in [6.07, 6.45) is 1.78. The lowest BCUT2D eigenvalue weighted by atomic mass is 9.95. The summed E-state index contributed by atoms with van der Waals surface area (Å²) in [6.45, 7) is 4.40. The van der Waals surface area contributed by atoms with E-state index in [1.165, 1.54) is 10.6 Å². The predicted molar refractivity (Wildman–Crippen MR) is 109 cm³/mol. The van der Waals surface area contributed by atoms with Crippen LogP contribution in [0.1, 0.15) is 61.1 Å². The van der Waals surface area contributed by atoms with Gasteiger partial charge in [-0.3, -0.25) is 9.59 Å². The summed E-state index contributed by atoms with van der Waals surface area (Å²) in [5.41, 5.74) is 2.74. The fraction of sp³-hybridized carbons (Fsp3) is 0.381. The van der Waals surface area contributed by atoms with Gasteiger partial charge in [0.1, 0.15) is 5.71 Å². The van der Waals surface area contributed by atoms with Crippen LogP contribution >= 0.6 is 11.3 Å². The van der Waals surface area contributed by atoms with E-state index in [0.29, 0.717) is 24.5 Å². The van der Waals surface area contributed by atoms with Crippen molar-refractivity contribution in [1.29, 1.82) is 0 Å². The first-order chi connectivity index (χ1) is 13.0. The van der Waals surface area contributed by atoms with E-state index >= 15 is 0 Å². The molecule has 3 rings (SSSR count). The number of benzene rings is 1. The maximum Gasteiger partial charge on any atom is 0.268 e. The first-order valence-corrected chi connectivity index (χ1v) is 10.2. The highest BCUT2D eigenvalue weighted by molar-refractivity contribution is 7.10. The van der Waals surface area contributed by atoms with Gasteiger partial charge in [-0.05, 0) is 34.9 Å². The highest BCUT2D eigenvalue weighted by atomic mass is 32.1. The van der Waals surface area contributed by atoms with E-state index < -0.39 is 0 Å². The highest BCUT2D eigenvalue weighted by Gasteiger charge is 2.25. The van der Waals surface area contributed by atoms with Gasteiger partial charge in [0.05, 0.1) is 6.04 Å². The molecule has 6 heteroatoms. The SMILES string of the molecule is CCC(C)c1ccc(C(NC(=O)C2=NN(C)C(=O)CC2)c2cccs2)cc1. The molecule has 2 atom stereocenters. The topological polar surface area (TPSA) is 61.8 Å². The zero-order chi connectivity index (χ0) is 19.4. The molecule has 0 radical (unpaired) electrons. The zero-order valence-corrected chi connectivity index (χ0v) is 16.8. The Morgan fingerprint density at radius 1 is 1.22 bits per heavy atom. The van der Waals surface area contributed by atoms with Gasteiger partial charge in [-0.1, -0.05) is 44.2 Å². The third-order valence-corrected chi connectivity index (χ3v) is 5.96. The minimum atomic E-state index is -0.228. The normalized spacial score (nSPS) is 16.6. The van der Waals surface area contributed by atoms with Gasteiger partial charge in [0.2, 0.25) is 5.91 Å². The highest BCUT2D eigenvalue weighted by Crippen LogP contribution is 2.28. The summed E-state index contributed by atoms with van der Waals surface area (Å²) in [6, 6.07) is 12.2. The molecule has 0 spiro atoms. The molecule has 0 saturated carbocycles. The van der Waals surface area contributed by atoms with Crippen LogP contribution in [0.4, 0.5) is 0 Å². The lowest BCUT2D eigenvalue weighted by Crippen LogP contribution is -2.39. The molecule has 1 aromatic carbocycles. The van der Waals surface area contributed by atoms with Gasteiger partial charge in [0.25, 0.3) is 5.91 Å². The lowest BCUT2D eigenvalue weighted by Gasteiger charge is -2.22. The van der Waals surface area contributed by atoms with E-state index in [4.69, 9.17) is 0 Å². The van der Waals surface area contributed by atoms with E-state index in [2.05, 4.69) is 48.5 Å². The molecule has 1 aromatic heterocycles. The molecule has 2 amide bonds. The Bertz CT molecular complexity index is 828. The van der Waals surface area contributed by atoms with Crippen molar-refractivity contribution < 1.29 is 9.59 Å². The van der Waals surface area contributed by atoms with Crippen LogP contribution in [0, 0.1) is 0 Å². The van der Waals surface area contributed by atoms with Crippen LogP contribution in [0.25, 0.3) is 0 Å². The third-order valence-electron chi connectivity index (χ3n) is 5.02. The van der Waals surface area contributed by atoms with E-state index in [0.717, 1.165) is 16.9 Å². The molecule has 2 unspecified atom stereocenters. The standard InChI is InChI=1S/C21H25N3O2S/c1-4-14(2)15-7-9-16(10-8-15)20(18-6-5-13-27-18)22-21(26)17-11-12-19(25)24(3)23-17/h5-10,13-14,20H,4,11-12H2,1-3H3,(H,22,26). The van der Waals surface area contributed by atoms with Crippen molar-refractivity contribution in [2.75, 3.05) is 7.05 Å². The van der Waals surface area contributed by atoms with Crippen molar-refractivity contribution >= 4 is 28.9 Å². The van der Waals surface area contributed by atoms with Crippen molar-refractivity contribution in [3.05, 3.63) is 57.8 Å². The van der Waals surface area contributed by atoms with Crippen LogP contribution in [0.5, 0.6) is 0 Å². The van der Waals surface area contributed by atoms with Crippen LogP contribution < -0.4 is 5.32 Å². The quantitative estimate of drug-likeness (QED) is 0.817. The van der Waals surface area contributed by atoms with E-state index in [1.807, 2.05) is 17.5 Å². The van der Waals surface area contributed by atoms with Crippen LogP contribution in [-0.2, 0) is 9.59 Å². The Morgan fingerprint density at radius 3 is 2.52 bits per heavy atom. The largest absolute Gasteiger partial charge is 0.339 e. The first-order valence-electron chi connectivity index (χ1n) is 9.27. The smallest absolute Gasteiger partial charge is 0.268 e. The number of carbonyl (C=O) groups excluding carboxylic acids is 2. The number of thiophene rings is 1. The van der Waals surface area contributed by atoms with Gasteiger partial charge in [0.15, 0.2) is 0 Å². The van der Waals surface area contributed by atoms with Gasteiger partial charge in [-0.25, -0.2) is 5.01 Å². The summed E-state index contributed by atoms with van der Waals surface area (Å²) >= 11 is 1.61. The summed E-state index contributed by atoms with van der Waals surface area (Å²) in [5, 5.41) is 10.5. The Labute approximate surface area is 164 Å². The van der Waals surface area contributed by atoms with Crippen LogP contribution in [0.15, 0.2) is 46.9 Å². The first kappa shape index (κ1) is 19.3. The molecule has 0 bridgehead atoms. The van der Waals surface area contributed by atoms with Crippen LogP contribution in [0.3, 0.4) is 0 Å². The van der Waals surface area contributed by atoms with E-state index in [1.54, 1.807) is 18.4 Å². The Kier molecular flexibility index (Phi) is 6.06. The number of amides is 2. The minimum absolute atomic E-state index is 0.0676. The number of rotatable bonds is 6. The molecule has 142 valence electrons. The average Bonchev–Trinajstić information content (AvgIpc) is 3.22. The number of hydrogen-bond acceptors (Lipinski definition) is 4. The second kappa shape index (κ2) is 8.48. The van der Waals surface area contributed by atoms with Crippen LogP contribution in [-0.4, -0.2) is 29.6 Å². The number of carbonyl (C=O) groups is 2. The van der Waals surface area contributed by atoms with E-state index in [-0.39, 0.29) is 17.9 Å². The fourth-order valence-corrected chi connectivity index (χ4v) is 3.88. The molecule has 1 aliphatic heterocycles. The molecule has 2 heterocycles. The summed E-state index contributed by atoms with van der Waals surface area (Å²) in [5.74, 6) is 0.222. The maximum absolute atomic E-state index is 12.8. The van der Waals surface area contributed by atoms with Crippen LogP contribution in [0.2, 0.25) is 0 Å². The van der Waals surface area contributed by atoms with Crippen molar-refractivity contribution in [1.82, 2.24) is 10.3 Å². The Hall–Kier alpha value is -2.47. The Balaban J connectivity index is 1.84. The number of nitrogens with one attached hydrogen (secondary N) is 1. The molecule has 2 aromatic rings. The maximum atomic E-state index is 12.8. The molecule has 5 nitrogen and oxygen atoms in total. The van der Waals surface area contributed by atoms with Gasteiger partial charge < -0.3 is 5.32 Å². The monoisotopic (exact) mass is 383 g/mol. The molecule has 0 saturated heterocycles. The van der Waals surface area contributed by atoms with Crippen molar-refractivity contribution in [2.24, 2.45) is 5.10 Å². The molecular weight excluding hydrogens is 358 g/mol. The molecular formula is C21H25N3O2S. The fourth-order valence-electron chi connectivity index (χ4n) is 3.07. The lowest BCUT2D eigenvalue weighted by molar-refractivity contribution is -0.130. The summed E-state index contributed by atoms with van der Waals surface area (Å²) in [4.78, 5) is 25.4. The van der Waals surface area contributed by atoms with Gasteiger partial charge in [-0.2, -0.15) is 5.10 Å². The molecule has 1 aliphatic rings. The molecule has 0 aliphatic carbocycles. The molecule has 1 N–H and O–H groups in total. The minimum Gasteiger partial charge on any atom is -0.339 e. The number of hydrogen-bond donors (Lipinski definition) is 1. The average molecular weight is 384 g/mol. The van der Waals surface area contributed by atoms with Gasteiger partial charge in [-0.15, -0.1) is 11.3 Å². The summed E-state index contributed by atoms with van der Waals surface area (Å²) < 4.78 is 0. The predicted octanol–water partition coefficient (Wildman–Crippen LogP) is 4.08. The van der Waals surface area contributed by atoms with E-state index in [9.17, 15) is 9.59 Å².